The second-order valence-electron chi connectivity index (χ2n) is 8.62. The molecule has 5 heteroatoms. The second kappa shape index (κ2) is 5.54. The zero-order valence-corrected chi connectivity index (χ0v) is 15.9. The van der Waals surface area contributed by atoms with Crippen LogP contribution >= 0.6 is 0 Å². The van der Waals surface area contributed by atoms with Gasteiger partial charge >= 0.3 is 0 Å². The lowest BCUT2D eigenvalue weighted by atomic mass is 9.63. The van der Waals surface area contributed by atoms with E-state index in [-0.39, 0.29) is 48.1 Å². The average Bonchev–Trinajstić information content (AvgIpc) is 3.41. The molecule has 3 fully saturated rings. The first-order valence-corrected chi connectivity index (χ1v) is 9.77. The van der Waals surface area contributed by atoms with Gasteiger partial charge in [0.2, 0.25) is 17.7 Å². The number of amides is 3. The molecule has 0 aromatic heterocycles. The first-order chi connectivity index (χ1) is 12.9. The first-order valence-electron chi connectivity index (χ1n) is 9.77. The fourth-order valence-corrected chi connectivity index (χ4v) is 5.56. The quantitative estimate of drug-likeness (QED) is 0.612. The lowest BCUT2D eigenvalue weighted by Gasteiger charge is -2.37. The summed E-state index contributed by atoms with van der Waals surface area (Å²) < 4.78 is 0. The van der Waals surface area contributed by atoms with Crippen LogP contribution in [0.2, 0.25) is 0 Å². The number of hydrogen-bond donors (Lipinski definition) is 0. The number of imide groups is 1. The Labute approximate surface area is 159 Å². The standard InChI is InChI=1S/C22H24N2O3/c1-11-4-5-14(8-12(11)2)23(13(3)25)10-24-21(26)19-15-6-7-16(18-9-17(15)18)20(19)22(24)27/h4-8,15-20H,9-10H2,1-3H3/t15-,16-,17-,18+,19-,20+/m0/s1. The van der Waals surface area contributed by atoms with Gasteiger partial charge in [0, 0.05) is 12.6 Å². The second-order valence-corrected chi connectivity index (χ2v) is 8.62. The van der Waals surface area contributed by atoms with E-state index in [4.69, 9.17) is 0 Å². The number of hydrogen-bond acceptors (Lipinski definition) is 3. The van der Waals surface area contributed by atoms with Crippen LogP contribution in [-0.4, -0.2) is 29.3 Å². The molecule has 1 heterocycles. The zero-order chi connectivity index (χ0) is 19.0. The van der Waals surface area contributed by atoms with Crippen molar-refractivity contribution >= 4 is 23.4 Å². The molecular weight excluding hydrogens is 340 g/mol. The molecule has 0 spiro atoms. The van der Waals surface area contributed by atoms with Gasteiger partial charge in [-0.05, 0) is 67.2 Å². The Balaban J connectivity index is 1.44. The van der Waals surface area contributed by atoms with Crippen molar-refractivity contribution in [3.8, 4) is 0 Å². The summed E-state index contributed by atoms with van der Waals surface area (Å²) in [6, 6.07) is 5.78. The Bertz CT molecular complexity index is 869. The first kappa shape index (κ1) is 16.7. The zero-order valence-electron chi connectivity index (χ0n) is 15.9. The summed E-state index contributed by atoms with van der Waals surface area (Å²) in [4.78, 5) is 41.5. The Morgan fingerprint density at radius 1 is 1.04 bits per heavy atom. The molecule has 1 aromatic rings. The van der Waals surface area contributed by atoms with Gasteiger partial charge < -0.3 is 0 Å². The third kappa shape index (κ3) is 2.27. The molecule has 1 aliphatic heterocycles. The number of carbonyl (C=O) groups excluding carboxylic acids is 3. The normalized spacial score (nSPS) is 35.3. The third-order valence-electron chi connectivity index (χ3n) is 7.22. The van der Waals surface area contributed by atoms with Crippen molar-refractivity contribution in [2.45, 2.75) is 27.2 Å². The highest BCUT2D eigenvalue weighted by molar-refractivity contribution is 6.07. The monoisotopic (exact) mass is 364 g/mol. The largest absolute Gasteiger partial charge is 0.294 e. The number of carbonyl (C=O) groups is 3. The molecule has 0 radical (unpaired) electrons. The Morgan fingerprint density at radius 2 is 1.63 bits per heavy atom. The van der Waals surface area contributed by atoms with Crippen LogP contribution in [0.4, 0.5) is 5.69 Å². The minimum Gasteiger partial charge on any atom is -0.294 e. The van der Waals surface area contributed by atoms with Crippen molar-refractivity contribution in [2.75, 3.05) is 11.6 Å². The van der Waals surface area contributed by atoms with Crippen molar-refractivity contribution in [1.82, 2.24) is 4.90 Å². The van der Waals surface area contributed by atoms with E-state index in [2.05, 4.69) is 12.2 Å². The highest BCUT2D eigenvalue weighted by atomic mass is 16.2. The molecule has 2 saturated carbocycles. The van der Waals surface area contributed by atoms with Crippen LogP contribution < -0.4 is 4.90 Å². The molecule has 5 aliphatic rings. The van der Waals surface area contributed by atoms with E-state index < -0.39 is 0 Å². The Kier molecular flexibility index (Phi) is 3.43. The summed E-state index contributed by atoms with van der Waals surface area (Å²) in [5.41, 5.74) is 2.95. The molecule has 1 aromatic carbocycles. The van der Waals surface area contributed by atoms with Crippen LogP contribution in [0.1, 0.15) is 24.5 Å². The van der Waals surface area contributed by atoms with Crippen LogP contribution in [0.15, 0.2) is 30.4 Å². The molecule has 6 rings (SSSR count). The van der Waals surface area contributed by atoms with E-state index in [1.165, 1.54) is 16.7 Å². The molecule has 0 unspecified atom stereocenters. The highest BCUT2D eigenvalue weighted by Crippen LogP contribution is 2.65. The average molecular weight is 364 g/mol. The van der Waals surface area contributed by atoms with Gasteiger partial charge in [-0.1, -0.05) is 18.2 Å². The number of benzene rings is 1. The molecular formula is C22H24N2O3. The lowest BCUT2D eigenvalue weighted by molar-refractivity contribution is -0.140. The summed E-state index contributed by atoms with van der Waals surface area (Å²) in [5, 5.41) is 0. The van der Waals surface area contributed by atoms with Crippen molar-refractivity contribution < 1.29 is 14.4 Å². The van der Waals surface area contributed by atoms with E-state index in [0.717, 1.165) is 23.2 Å². The van der Waals surface area contributed by atoms with E-state index >= 15 is 0 Å². The smallest absolute Gasteiger partial charge is 0.235 e. The Hall–Kier alpha value is -2.43. The van der Waals surface area contributed by atoms with Crippen LogP contribution in [0.25, 0.3) is 0 Å². The number of likely N-dealkylation sites (tertiary alicyclic amines) is 1. The minimum atomic E-state index is -0.218. The van der Waals surface area contributed by atoms with Gasteiger partial charge in [-0.2, -0.15) is 0 Å². The fourth-order valence-electron chi connectivity index (χ4n) is 5.56. The molecule has 4 aliphatic carbocycles. The minimum absolute atomic E-state index is 0.0112. The molecule has 1 saturated heterocycles. The number of allylic oxidation sites excluding steroid dienone is 2. The van der Waals surface area contributed by atoms with Crippen molar-refractivity contribution in [3.05, 3.63) is 41.5 Å². The topological polar surface area (TPSA) is 57.7 Å². The Morgan fingerprint density at radius 3 is 2.15 bits per heavy atom. The van der Waals surface area contributed by atoms with Crippen LogP contribution in [-0.2, 0) is 14.4 Å². The lowest BCUT2D eigenvalue weighted by Crippen LogP contribution is -2.44. The number of aryl methyl sites for hydroxylation is 2. The molecule has 2 bridgehead atoms. The van der Waals surface area contributed by atoms with Crippen molar-refractivity contribution in [3.63, 3.8) is 0 Å². The van der Waals surface area contributed by atoms with Gasteiger partial charge in [-0.3, -0.25) is 24.2 Å². The van der Waals surface area contributed by atoms with Gasteiger partial charge in [0.1, 0.15) is 6.67 Å². The fraction of sp³-hybridized carbons (Fsp3) is 0.500. The van der Waals surface area contributed by atoms with E-state index in [0.29, 0.717) is 11.8 Å². The summed E-state index contributed by atoms with van der Waals surface area (Å²) in [5.74, 6) is 0.794. The predicted molar refractivity (Wildman–Crippen MR) is 100 cm³/mol. The van der Waals surface area contributed by atoms with Gasteiger partial charge in [0.25, 0.3) is 0 Å². The predicted octanol–water partition coefficient (Wildman–Crippen LogP) is 2.67. The maximum Gasteiger partial charge on any atom is 0.235 e. The summed E-state index contributed by atoms with van der Waals surface area (Å²) in [6.45, 7) is 5.50. The number of nitrogens with zero attached hydrogens (tertiary/aromatic N) is 2. The van der Waals surface area contributed by atoms with E-state index in [1.807, 2.05) is 32.0 Å². The molecule has 140 valence electrons. The van der Waals surface area contributed by atoms with Gasteiger partial charge in [-0.25, -0.2) is 0 Å². The van der Waals surface area contributed by atoms with E-state index in [9.17, 15) is 14.4 Å². The molecule has 5 nitrogen and oxygen atoms in total. The highest BCUT2D eigenvalue weighted by Gasteiger charge is 2.67. The maximum atomic E-state index is 13.1. The molecule has 27 heavy (non-hydrogen) atoms. The number of rotatable bonds is 3. The van der Waals surface area contributed by atoms with Crippen molar-refractivity contribution in [1.29, 1.82) is 0 Å². The SMILES string of the molecule is CC(=O)N(CN1C(=O)[C@@H]2[C@H]3C=C[C@@H]([C@@H]4C[C@H]34)[C@@H]2C1=O)c1ccc(C)c(C)c1. The summed E-state index contributed by atoms with van der Waals surface area (Å²) >= 11 is 0. The molecule has 6 atom stereocenters. The van der Waals surface area contributed by atoms with Crippen LogP contribution in [0.3, 0.4) is 0 Å². The third-order valence-corrected chi connectivity index (χ3v) is 7.22. The molecule has 3 amide bonds. The van der Waals surface area contributed by atoms with E-state index in [1.54, 1.807) is 0 Å². The van der Waals surface area contributed by atoms with Crippen LogP contribution in [0.5, 0.6) is 0 Å². The van der Waals surface area contributed by atoms with Gasteiger partial charge in [-0.15, -0.1) is 0 Å². The molecule has 0 N–H and O–H groups in total. The number of anilines is 1. The summed E-state index contributed by atoms with van der Waals surface area (Å²) in [7, 11) is 0. The van der Waals surface area contributed by atoms with Crippen LogP contribution in [0, 0.1) is 49.4 Å². The summed E-state index contributed by atoms with van der Waals surface area (Å²) in [6.07, 6.45) is 5.49. The van der Waals surface area contributed by atoms with Crippen molar-refractivity contribution in [2.24, 2.45) is 35.5 Å². The van der Waals surface area contributed by atoms with Gasteiger partial charge in [0.15, 0.2) is 0 Å². The maximum absolute atomic E-state index is 13.1. The van der Waals surface area contributed by atoms with Gasteiger partial charge in [0.05, 0.1) is 11.8 Å².